The van der Waals surface area contributed by atoms with Gasteiger partial charge in [0, 0.05) is 18.7 Å². The van der Waals surface area contributed by atoms with E-state index in [0.717, 1.165) is 18.4 Å². The lowest BCUT2D eigenvalue weighted by Crippen LogP contribution is -2.38. The summed E-state index contributed by atoms with van der Waals surface area (Å²) in [6.07, 6.45) is 1.83. The third kappa shape index (κ3) is 5.59. The third-order valence-corrected chi connectivity index (χ3v) is 8.72. The maximum Gasteiger partial charge on any atom is 0.264 e. The summed E-state index contributed by atoms with van der Waals surface area (Å²) in [5.41, 5.74) is 3.15. The molecule has 0 radical (unpaired) electrons. The lowest BCUT2D eigenvalue weighted by Gasteiger charge is -2.32. The van der Waals surface area contributed by atoms with Crippen LogP contribution >= 0.6 is 0 Å². The van der Waals surface area contributed by atoms with Gasteiger partial charge in [-0.05, 0) is 60.2 Å². The van der Waals surface area contributed by atoms with Gasteiger partial charge in [0.15, 0.2) is 0 Å². The lowest BCUT2D eigenvalue weighted by molar-refractivity contribution is 0.0713. The highest BCUT2D eigenvalue weighted by Crippen LogP contribution is 2.30. The fourth-order valence-corrected chi connectivity index (χ4v) is 6.37. The van der Waals surface area contributed by atoms with Crippen LogP contribution in [0.1, 0.15) is 40.2 Å². The minimum absolute atomic E-state index is 0.0647. The molecule has 1 heterocycles. The fraction of sp³-hybridized carbons (Fsp3) is 0.194. The van der Waals surface area contributed by atoms with Gasteiger partial charge in [-0.25, -0.2) is 8.42 Å². The maximum absolute atomic E-state index is 13.7. The molecule has 1 fully saturated rings. The van der Waals surface area contributed by atoms with Crippen molar-refractivity contribution in [1.82, 2.24) is 4.90 Å². The second kappa shape index (κ2) is 11.0. The molecule has 1 amide bonds. The Morgan fingerprint density at radius 2 is 1.35 bits per heavy atom. The number of nitrogens with zero attached hydrogens (tertiary/aromatic N) is 2. The minimum atomic E-state index is -3.85. The molecule has 0 aromatic heterocycles. The molecule has 1 aliphatic rings. The first-order chi connectivity index (χ1) is 18.0. The summed E-state index contributed by atoms with van der Waals surface area (Å²) < 4.78 is 28.8. The Bertz CT molecular complexity index is 1430. The normalized spacial score (nSPS) is 14.3. The van der Waals surface area contributed by atoms with E-state index >= 15 is 0 Å². The molecular weight excluding hydrogens is 480 g/mol. The first-order valence-electron chi connectivity index (χ1n) is 12.6. The van der Waals surface area contributed by atoms with Crippen molar-refractivity contribution in [2.75, 3.05) is 17.4 Å². The molecule has 1 saturated heterocycles. The van der Waals surface area contributed by atoms with Crippen molar-refractivity contribution >= 4 is 21.6 Å². The van der Waals surface area contributed by atoms with Crippen LogP contribution in [0.5, 0.6) is 0 Å². The van der Waals surface area contributed by atoms with Gasteiger partial charge in [-0.3, -0.25) is 9.10 Å². The number of amides is 1. The first-order valence-corrected chi connectivity index (χ1v) is 14.0. The van der Waals surface area contributed by atoms with Gasteiger partial charge >= 0.3 is 0 Å². The Kier molecular flexibility index (Phi) is 7.37. The Labute approximate surface area is 219 Å². The number of hydrogen-bond acceptors (Lipinski definition) is 3. The number of carbonyl (C=O) groups excluding carboxylic acids is 1. The van der Waals surface area contributed by atoms with Crippen molar-refractivity contribution in [3.8, 4) is 0 Å². The van der Waals surface area contributed by atoms with Gasteiger partial charge in [0.2, 0.25) is 0 Å². The average Bonchev–Trinajstić information content (AvgIpc) is 2.97. The van der Waals surface area contributed by atoms with Crippen molar-refractivity contribution < 1.29 is 13.2 Å². The molecule has 1 aliphatic heterocycles. The number of sulfonamides is 1. The zero-order valence-corrected chi connectivity index (χ0v) is 21.4. The van der Waals surface area contributed by atoms with Crippen LogP contribution in [0.3, 0.4) is 0 Å². The maximum atomic E-state index is 13.7. The van der Waals surface area contributed by atoms with Crippen molar-refractivity contribution in [2.24, 2.45) is 0 Å². The zero-order valence-electron chi connectivity index (χ0n) is 20.6. The molecule has 0 saturated carbocycles. The first kappa shape index (κ1) is 24.8. The van der Waals surface area contributed by atoms with Gasteiger partial charge in [-0.15, -0.1) is 0 Å². The van der Waals surface area contributed by atoms with E-state index in [1.807, 2.05) is 41.3 Å². The molecule has 6 heteroatoms. The lowest BCUT2D eigenvalue weighted by atomic mass is 9.89. The highest BCUT2D eigenvalue weighted by molar-refractivity contribution is 7.92. The standard InChI is InChI=1S/C31H30N2O3S/c34-31(32-21-19-27(20-22-32)26-13-6-2-7-14-26)28-15-10-16-29(23-28)33(24-25-11-4-1-5-12-25)37(35,36)30-17-8-3-9-18-30/h1-18,23,27H,19-22,24H2. The van der Waals surface area contributed by atoms with E-state index < -0.39 is 10.0 Å². The summed E-state index contributed by atoms with van der Waals surface area (Å²) in [4.78, 5) is 15.5. The van der Waals surface area contributed by atoms with Gasteiger partial charge in [-0.2, -0.15) is 0 Å². The molecule has 37 heavy (non-hydrogen) atoms. The van der Waals surface area contributed by atoms with E-state index in [9.17, 15) is 13.2 Å². The van der Waals surface area contributed by atoms with Crippen LogP contribution in [-0.4, -0.2) is 32.3 Å². The number of likely N-dealkylation sites (tertiary alicyclic amines) is 1. The van der Waals surface area contributed by atoms with Gasteiger partial charge in [0.1, 0.15) is 0 Å². The molecule has 0 aliphatic carbocycles. The van der Waals surface area contributed by atoms with Crippen LogP contribution in [0.15, 0.2) is 120 Å². The highest BCUT2D eigenvalue weighted by Gasteiger charge is 2.28. The predicted octanol–water partition coefficient (Wildman–Crippen LogP) is 6.10. The summed E-state index contributed by atoms with van der Waals surface area (Å²) in [6, 6.07) is 35.3. The molecule has 0 unspecified atom stereocenters. The summed E-state index contributed by atoms with van der Waals surface area (Å²) in [7, 11) is -3.85. The van der Waals surface area contributed by atoms with E-state index in [2.05, 4.69) is 24.3 Å². The Balaban J connectivity index is 1.40. The summed E-state index contributed by atoms with van der Waals surface area (Å²) in [5, 5.41) is 0. The topological polar surface area (TPSA) is 57.7 Å². The third-order valence-electron chi connectivity index (χ3n) is 6.93. The predicted molar refractivity (Wildman–Crippen MR) is 147 cm³/mol. The number of carbonyl (C=O) groups is 1. The average molecular weight is 511 g/mol. The molecule has 5 nitrogen and oxygen atoms in total. The molecule has 4 aromatic carbocycles. The van der Waals surface area contributed by atoms with Crippen LogP contribution in [0.25, 0.3) is 0 Å². The van der Waals surface area contributed by atoms with Crippen LogP contribution in [-0.2, 0) is 16.6 Å². The van der Waals surface area contributed by atoms with Crippen LogP contribution in [0.4, 0.5) is 5.69 Å². The molecular formula is C31H30N2O3S. The summed E-state index contributed by atoms with van der Waals surface area (Å²) in [6.45, 7) is 1.52. The van der Waals surface area contributed by atoms with Crippen molar-refractivity contribution in [3.63, 3.8) is 0 Å². The summed E-state index contributed by atoms with van der Waals surface area (Å²) >= 11 is 0. The highest BCUT2D eigenvalue weighted by atomic mass is 32.2. The van der Waals surface area contributed by atoms with Gasteiger partial charge in [0.05, 0.1) is 17.1 Å². The smallest absolute Gasteiger partial charge is 0.264 e. The van der Waals surface area contributed by atoms with Crippen molar-refractivity contribution in [2.45, 2.75) is 30.2 Å². The van der Waals surface area contributed by atoms with Crippen molar-refractivity contribution in [1.29, 1.82) is 0 Å². The van der Waals surface area contributed by atoms with E-state index in [0.29, 0.717) is 30.3 Å². The van der Waals surface area contributed by atoms with Crippen LogP contribution in [0.2, 0.25) is 0 Å². The minimum Gasteiger partial charge on any atom is -0.339 e. The number of piperidine rings is 1. The monoisotopic (exact) mass is 510 g/mol. The molecule has 188 valence electrons. The number of hydrogen-bond donors (Lipinski definition) is 0. The molecule has 0 atom stereocenters. The van der Waals surface area contributed by atoms with E-state index in [1.165, 1.54) is 9.87 Å². The van der Waals surface area contributed by atoms with Crippen molar-refractivity contribution in [3.05, 3.63) is 132 Å². The van der Waals surface area contributed by atoms with Gasteiger partial charge in [0.25, 0.3) is 15.9 Å². The number of anilines is 1. The second-order valence-electron chi connectivity index (χ2n) is 9.34. The molecule has 0 N–H and O–H groups in total. The largest absolute Gasteiger partial charge is 0.339 e. The number of rotatable bonds is 7. The number of benzene rings is 4. The SMILES string of the molecule is O=C(c1cccc(N(Cc2ccccc2)S(=O)(=O)c2ccccc2)c1)N1CCC(c2ccccc2)CC1. The Morgan fingerprint density at radius 3 is 2.00 bits per heavy atom. The van der Waals surface area contributed by atoms with Crippen LogP contribution < -0.4 is 4.31 Å². The van der Waals surface area contributed by atoms with Gasteiger partial charge < -0.3 is 4.90 Å². The molecule has 5 rings (SSSR count). The van der Waals surface area contributed by atoms with E-state index in [-0.39, 0.29) is 17.3 Å². The van der Waals surface area contributed by atoms with E-state index in [1.54, 1.807) is 54.6 Å². The Hall–Kier alpha value is -3.90. The molecule has 0 bridgehead atoms. The second-order valence-corrected chi connectivity index (χ2v) is 11.2. The quantitative estimate of drug-likeness (QED) is 0.302. The summed E-state index contributed by atoms with van der Waals surface area (Å²) in [5.74, 6) is 0.388. The van der Waals surface area contributed by atoms with Gasteiger partial charge in [-0.1, -0.05) is 84.9 Å². The molecule has 0 spiro atoms. The van der Waals surface area contributed by atoms with Crippen LogP contribution in [0, 0.1) is 0 Å². The fourth-order valence-electron chi connectivity index (χ4n) is 4.90. The van der Waals surface area contributed by atoms with E-state index in [4.69, 9.17) is 0 Å². The zero-order chi connectivity index (χ0) is 25.7. The Morgan fingerprint density at radius 1 is 0.757 bits per heavy atom. The molecule has 4 aromatic rings.